The van der Waals surface area contributed by atoms with E-state index >= 15 is 0 Å². The highest BCUT2D eigenvalue weighted by molar-refractivity contribution is 9.10. The number of fused-ring (bicyclic) bond motifs is 1. The molecule has 0 aliphatic rings. The third-order valence-electron chi connectivity index (χ3n) is 4.64. The average molecular weight is 463 g/mol. The maximum absolute atomic E-state index is 12.7. The molecule has 0 spiro atoms. The van der Waals surface area contributed by atoms with Gasteiger partial charge in [0.25, 0.3) is 5.56 Å². The van der Waals surface area contributed by atoms with Crippen LogP contribution in [0.3, 0.4) is 0 Å². The summed E-state index contributed by atoms with van der Waals surface area (Å²) in [7, 11) is 4.65. The molecule has 0 unspecified atom stereocenters. The quantitative estimate of drug-likeness (QED) is 0.429. The van der Waals surface area contributed by atoms with Crippen molar-refractivity contribution in [2.45, 2.75) is 26.3 Å². The second-order valence-electron chi connectivity index (χ2n) is 6.57. The van der Waals surface area contributed by atoms with Crippen LogP contribution in [0.2, 0.25) is 0 Å². The van der Waals surface area contributed by atoms with Crippen molar-refractivity contribution >= 4 is 39.3 Å². The highest BCUT2D eigenvalue weighted by Crippen LogP contribution is 2.22. The van der Waals surface area contributed by atoms with Crippen LogP contribution in [0.5, 0.6) is 5.75 Å². The van der Waals surface area contributed by atoms with E-state index in [1.54, 1.807) is 24.9 Å². The average Bonchev–Trinajstić information content (AvgIpc) is 3.07. The molecule has 0 aliphatic heterocycles. The van der Waals surface area contributed by atoms with Gasteiger partial charge in [-0.2, -0.15) is 10.1 Å². The van der Waals surface area contributed by atoms with Crippen LogP contribution in [0.15, 0.2) is 37.4 Å². The predicted octanol–water partition coefficient (Wildman–Crippen LogP) is 2.45. The summed E-state index contributed by atoms with van der Waals surface area (Å²) >= 11 is 3.43. The van der Waals surface area contributed by atoms with E-state index in [1.807, 2.05) is 18.2 Å². The summed E-state index contributed by atoms with van der Waals surface area (Å²) in [5.41, 5.74) is 3.59. The van der Waals surface area contributed by atoms with Gasteiger partial charge in [-0.1, -0.05) is 29.3 Å². The van der Waals surface area contributed by atoms with Gasteiger partial charge >= 0.3 is 5.69 Å². The van der Waals surface area contributed by atoms with Crippen molar-refractivity contribution < 1.29 is 4.74 Å². The normalized spacial score (nSPS) is 11.5. The van der Waals surface area contributed by atoms with Crippen molar-refractivity contribution in [3.8, 4) is 5.75 Å². The summed E-state index contributed by atoms with van der Waals surface area (Å²) in [4.78, 5) is 29.4. The predicted molar refractivity (Wildman–Crippen MR) is 117 cm³/mol. The number of hydrogen-bond acceptors (Lipinski definition) is 6. The number of aryl methyl sites for hydroxylation is 2. The van der Waals surface area contributed by atoms with Gasteiger partial charge in [0.1, 0.15) is 5.75 Å². The van der Waals surface area contributed by atoms with Gasteiger partial charge < -0.3 is 9.30 Å². The molecule has 2 aromatic heterocycles. The van der Waals surface area contributed by atoms with Crippen molar-refractivity contribution in [3.63, 3.8) is 0 Å². The lowest BCUT2D eigenvalue weighted by Gasteiger charge is -2.08. The molecule has 9 nitrogen and oxygen atoms in total. The Balaban J connectivity index is 2.06. The van der Waals surface area contributed by atoms with Crippen LogP contribution in [-0.4, -0.2) is 32.0 Å². The van der Waals surface area contributed by atoms with Gasteiger partial charge in [0.15, 0.2) is 11.2 Å². The van der Waals surface area contributed by atoms with Gasteiger partial charge in [-0.15, -0.1) is 0 Å². The molecule has 0 atom stereocenters. The van der Waals surface area contributed by atoms with Gasteiger partial charge in [0.05, 0.1) is 13.3 Å². The van der Waals surface area contributed by atoms with Crippen LogP contribution >= 0.6 is 15.9 Å². The van der Waals surface area contributed by atoms with E-state index < -0.39 is 5.69 Å². The van der Waals surface area contributed by atoms with Crippen LogP contribution < -0.4 is 21.4 Å². The molecule has 1 N–H and O–H groups in total. The fourth-order valence-electron chi connectivity index (χ4n) is 3.03. The molecule has 0 fully saturated rings. The van der Waals surface area contributed by atoms with Gasteiger partial charge in [0.2, 0.25) is 5.95 Å². The van der Waals surface area contributed by atoms with Gasteiger partial charge in [-0.3, -0.25) is 13.9 Å². The topological polar surface area (TPSA) is 95.4 Å². The van der Waals surface area contributed by atoms with E-state index in [2.05, 4.69) is 38.4 Å². The molecule has 0 bridgehead atoms. The second kappa shape index (κ2) is 8.64. The Morgan fingerprint density at radius 1 is 1.28 bits per heavy atom. The molecular formula is C19H23BrN6O3. The molecule has 1 aromatic carbocycles. The van der Waals surface area contributed by atoms with Gasteiger partial charge in [-0.05, 0) is 24.6 Å². The number of aromatic nitrogens is 4. The van der Waals surface area contributed by atoms with Crippen LogP contribution in [0, 0.1) is 0 Å². The zero-order valence-electron chi connectivity index (χ0n) is 16.8. The smallest absolute Gasteiger partial charge is 0.332 e. The van der Waals surface area contributed by atoms with E-state index in [9.17, 15) is 9.59 Å². The number of nitrogens with zero attached hydrogens (tertiary/aromatic N) is 5. The third-order valence-corrected chi connectivity index (χ3v) is 5.14. The van der Waals surface area contributed by atoms with E-state index in [0.29, 0.717) is 29.4 Å². The van der Waals surface area contributed by atoms with E-state index in [0.717, 1.165) is 27.4 Å². The number of unbranched alkanes of at least 4 members (excludes halogenated alkanes) is 1. The Morgan fingerprint density at radius 3 is 2.72 bits per heavy atom. The number of hydrogen-bond donors (Lipinski definition) is 1. The number of nitrogens with one attached hydrogen (secondary N) is 1. The fraction of sp³-hybridized carbons (Fsp3) is 0.368. The number of hydrazone groups is 1. The molecule has 154 valence electrons. The number of halogens is 1. The maximum Gasteiger partial charge on any atom is 0.332 e. The SMILES string of the molecule is CCCCn1c(NN=Cc2cc(Br)ccc2OC)nc2c1c(=O)n(C)c(=O)n2C. The monoisotopic (exact) mass is 462 g/mol. The van der Waals surface area contributed by atoms with Gasteiger partial charge in [0, 0.05) is 30.7 Å². The standard InChI is InChI=1S/C19H23BrN6O3/c1-5-6-9-26-15-16(24(2)19(28)25(3)17(15)27)22-18(26)23-21-11-12-10-13(20)7-8-14(12)29-4/h7-8,10-11H,5-6,9H2,1-4H3,(H,22,23). The number of anilines is 1. The van der Waals surface area contributed by atoms with Crippen molar-refractivity contribution in [2.24, 2.45) is 19.2 Å². The minimum Gasteiger partial charge on any atom is -0.496 e. The summed E-state index contributed by atoms with van der Waals surface area (Å²) in [6, 6.07) is 5.59. The van der Waals surface area contributed by atoms with E-state index in [4.69, 9.17) is 4.74 Å². The first-order valence-electron chi connectivity index (χ1n) is 9.17. The molecular weight excluding hydrogens is 440 g/mol. The van der Waals surface area contributed by atoms with Crippen LogP contribution in [-0.2, 0) is 20.6 Å². The minimum atomic E-state index is -0.420. The van der Waals surface area contributed by atoms with Crippen LogP contribution in [0.1, 0.15) is 25.3 Å². The zero-order valence-corrected chi connectivity index (χ0v) is 18.4. The molecule has 0 saturated carbocycles. The largest absolute Gasteiger partial charge is 0.496 e. The Kier molecular flexibility index (Phi) is 6.21. The van der Waals surface area contributed by atoms with Gasteiger partial charge in [-0.25, -0.2) is 10.2 Å². The van der Waals surface area contributed by atoms with Crippen LogP contribution in [0.25, 0.3) is 11.2 Å². The lowest BCUT2D eigenvalue weighted by molar-refractivity contribution is 0.414. The fourth-order valence-corrected chi connectivity index (χ4v) is 3.41. The molecule has 3 rings (SSSR count). The maximum atomic E-state index is 12.7. The molecule has 0 saturated heterocycles. The molecule has 2 heterocycles. The molecule has 0 aliphatic carbocycles. The Bertz CT molecular complexity index is 1190. The molecule has 29 heavy (non-hydrogen) atoms. The number of ether oxygens (including phenoxy) is 1. The first-order valence-corrected chi connectivity index (χ1v) is 9.97. The van der Waals surface area contributed by atoms with Crippen LogP contribution in [0.4, 0.5) is 5.95 Å². The summed E-state index contributed by atoms with van der Waals surface area (Å²) in [5.74, 6) is 1.08. The molecule has 3 aromatic rings. The third kappa shape index (κ3) is 3.98. The van der Waals surface area contributed by atoms with Crippen molar-refractivity contribution in [1.82, 2.24) is 18.7 Å². The Morgan fingerprint density at radius 2 is 2.03 bits per heavy atom. The van der Waals surface area contributed by atoms with E-state index in [-0.39, 0.29) is 5.56 Å². The lowest BCUT2D eigenvalue weighted by Crippen LogP contribution is -2.37. The first-order chi connectivity index (χ1) is 13.9. The lowest BCUT2D eigenvalue weighted by atomic mass is 10.2. The summed E-state index contributed by atoms with van der Waals surface area (Å²) in [6.45, 7) is 2.65. The highest BCUT2D eigenvalue weighted by atomic mass is 79.9. The minimum absolute atomic E-state index is 0.326. The number of imidazole rings is 1. The van der Waals surface area contributed by atoms with Crippen molar-refractivity contribution in [2.75, 3.05) is 12.5 Å². The highest BCUT2D eigenvalue weighted by Gasteiger charge is 2.18. The molecule has 0 amide bonds. The summed E-state index contributed by atoms with van der Waals surface area (Å²) in [6.07, 6.45) is 3.42. The Hall–Kier alpha value is -2.88. The summed E-state index contributed by atoms with van der Waals surface area (Å²) < 4.78 is 10.5. The Labute approximate surface area is 175 Å². The molecule has 10 heteroatoms. The van der Waals surface area contributed by atoms with E-state index in [1.165, 1.54) is 11.6 Å². The number of benzene rings is 1. The van der Waals surface area contributed by atoms with Crippen molar-refractivity contribution in [1.29, 1.82) is 0 Å². The second-order valence-corrected chi connectivity index (χ2v) is 7.49. The molecule has 0 radical (unpaired) electrons. The first kappa shape index (κ1) is 20.8. The summed E-state index contributed by atoms with van der Waals surface area (Å²) in [5, 5.41) is 4.27. The number of methoxy groups -OCH3 is 1. The number of rotatable bonds is 7. The van der Waals surface area contributed by atoms with Crippen molar-refractivity contribution in [3.05, 3.63) is 49.1 Å². The zero-order chi connectivity index (χ0) is 21.1.